The lowest BCUT2D eigenvalue weighted by molar-refractivity contribution is 0.602. The largest absolute Gasteiger partial charge is 0.235 e. The van der Waals surface area contributed by atoms with Gasteiger partial charge in [-0.2, -0.15) is 11.3 Å². The van der Waals surface area contributed by atoms with Crippen molar-refractivity contribution in [3.63, 3.8) is 0 Å². The predicted molar refractivity (Wildman–Crippen MR) is 114 cm³/mol. The van der Waals surface area contributed by atoms with Crippen LogP contribution in [0.4, 0.5) is 0 Å². The average molecular weight is 432 g/mol. The molecule has 136 valence electrons. The van der Waals surface area contributed by atoms with Crippen molar-refractivity contribution in [2.45, 2.75) is 4.90 Å². The van der Waals surface area contributed by atoms with Crippen LogP contribution in [-0.2, 0) is 9.84 Å². The Bertz CT molecular complexity index is 1190. The van der Waals surface area contributed by atoms with E-state index in [9.17, 15) is 8.42 Å². The summed E-state index contributed by atoms with van der Waals surface area (Å²) in [4.78, 5) is 6.15. The third kappa shape index (κ3) is 3.71. The molecule has 0 atom stereocenters. The second kappa shape index (κ2) is 7.20. The van der Waals surface area contributed by atoms with Gasteiger partial charge in [0.1, 0.15) is 5.01 Å². The molecular weight excluding hydrogens is 418 g/mol. The molecule has 0 aliphatic heterocycles. The molecule has 0 fully saturated rings. The van der Waals surface area contributed by atoms with Crippen LogP contribution in [0.3, 0.4) is 0 Å². The fraction of sp³-hybridized carbons (Fsp3) is 0.0500. The summed E-state index contributed by atoms with van der Waals surface area (Å²) in [7, 11) is -3.23. The average Bonchev–Trinajstić information content (AvgIpc) is 3.31. The number of rotatable bonds is 4. The molecule has 0 bridgehead atoms. The van der Waals surface area contributed by atoms with Gasteiger partial charge in [0, 0.05) is 22.8 Å². The maximum absolute atomic E-state index is 11.7. The molecule has 4 aromatic rings. The second-order valence-corrected chi connectivity index (χ2v) is 10.2. The standard InChI is InChI=1S/C20H14ClNO2S3/c1-27(23,24)15-8-6-13(7-9-15)19-18(14-10-11-25-12-14)22-20(26-19)16-4-2-3-5-17(16)21/h2-12H,1H3. The monoisotopic (exact) mass is 431 g/mol. The highest BCUT2D eigenvalue weighted by molar-refractivity contribution is 7.90. The van der Waals surface area contributed by atoms with Crippen LogP contribution in [0.2, 0.25) is 5.02 Å². The van der Waals surface area contributed by atoms with Crippen LogP contribution in [0.25, 0.3) is 32.3 Å². The topological polar surface area (TPSA) is 47.0 Å². The summed E-state index contributed by atoms with van der Waals surface area (Å²) >= 11 is 9.53. The number of nitrogens with zero attached hydrogens (tertiary/aromatic N) is 1. The first-order valence-corrected chi connectivity index (χ1v) is 12.0. The molecule has 0 spiro atoms. The molecule has 0 aliphatic rings. The van der Waals surface area contributed by atoms with Crippen molar-refractivity contribution >= 4 is 44.1 Å². The fourth-order valence-corrected chi connectivity index (χ4v) is 5.40. The number of halogens is 1. The first kappa shape index (κ1) is 18.4. The number of aromatic nitrogens is 1. The van der Waals surface area contributed by atoms with Crippen LogP contribution in [0.15, 0.2) is 70.3 Å². The molecule has 0 saturated carbocycles. The summed E-state index contributed by atoms with van der Waals surface area (Å²) in [5.41, 5.74) is 3.74. The Labute approximate surface area is 170 Å². The summed E-state index contributed by atoms with van der Waals surface area (Å²) in [6, 6.07) is 16.6. The third-order valence-electron chi connectivity index (χ3n) is 4.07. The van der Waals surface area contributed by atoms with E-state index in [1.165, 1.54) is 6.26 Å². The van der Waals surface area contributed by atoms with Gasteiger partial charge in [-0.3, -0.25) is 0 Å². The van der Waals surface area contributed by atoms with Crippen molar-refractivity contribution in [2.24, 2.45) is 0 Å². The zero-order valence-corrected chi connectivity index (χ0v) is 17.4. The minimum absolute atomic E-state index is 0.305. The molecule has 4 rings (SSSR count). The molecule has 2 aromatic heterocycles. The summed E-state index contributed by atoms with van der Waals surface area (Å²) < 4.78 is 23.5. The SMILES string of the molecule is CS(=O)(=O)c1ccc(-c2sc(-c3ccccc3Cl)nc2-c2ccsc2)cc1. The third-order valence-corrected chi connectivity index (χ3v) is 7.35. The van der Waals surface area contributed by atoms with Crippen LogP contribution in [-0.4, -0.2) is 19.7 Å². The van der Waals surface area contributed by atoms with Crippen molar-refractivity contribution in [1.82, 2.24) is 4.98 Å². The van der Waals surface area contributed by atoms with Crippen molar-refractivity contribution in [1.29, 1.82) is 0 Å². The van der Waals surface area contributed by atoms with E-state index < -0.39 is 9.84 Å². The van der Waals surface area contributed by atoms with Gasteiger partial charge in [-0.25, -0.2) is 13.4 Å². The molecule has 0 amide bonds. The van der Waals surface area contributed by atoms with Crippen LogP contribution >= 0.6 is 34.3 Å². The Morgan fingerprint density at radius 2 is 1.70 bits per heavy atom. The summed E-state index contributed by atoms with van der Waals surface area (Å²) in [6.07, 6.45) is 1.21. The van der Waals surface area contributed by atoms with Crippen LogP contribution < -0.4 is 0 Å². The van der Waals surface area contributed by atoms with Gasteiger partial charge in [0.05, 0.1) is 20.5 Å². The molecule has 0 radical (unpaired) electrons. The lowest BCUT2D eigenvalue weighted by Crippen LogP contribution is -1.96. The van der Waals surface area contributed by atoms with E-state index in [0.717, 1.165) is 32.3 Å². The molecular formula is C20H14ClNO2S3. The number of thiazole rings is 1. The zero-order chi connectivity index (χ0) is 19.0. The van der Waals surface area contributed by atoms with Crippen LogP contribution in [0, 0.1) is 0 Å². The van der Waals surface area contributed by atoms with Gasteiger partial charge in [0.25, 0.3) is 0 Å². The molecule has 2 heterocycles. The van der Waals surface area contributed by atoms with E-state index >= 15 is 0 Å². The Morgan fingerprint density at radius 1 is 0.963 bits per heavy atom. The Morgan fingerprint density at radius 3 is 2.33 bits per heavy atom. The van der Waals surface area contributed by atoms with Crippen LogP contribution in [0.5, 0.6) is 0 Å². The number of benzene rings is 2. The molecule has 0 aliphatic carbocycles. The summed E-state index contributed by atoms with van der Waals surface area (Å²) in [6.45, 7) is 0. The lowest BCUT2D eigenvalue weighted by atomic mass is 10.1. The predicted octanol–water partition coefficient (Wildman–Crippen LogP) is 6.26. The first-order chi connectivity index (χ1) is 12.9. The molecule has 0 N–H and O–H groups in total. The maximum atomic E-state index is 11.7. The molecule has 7 heteroatoms. The first-order valence-electron chi connectivity index (χ1n) is 8.02. The quantitative estimate of drug-likeness (QED) is 0.383. The number of sulfone groups is 1. The number of hydrogen-bond donors (Lipinski definition) is 0. The Hall–Kier alpha value is -1.99. The van der Waals surface area contributed by atoms with Gasteiger partial charge in [0.15, 0.2) is 9.84 Å². The molecule has 0 unspecified atom stereocenters. The van der Waals surface area contributed by atoms with Gasteiger partial charge in [0.2, 0.25) is 0 Å². The molecule has 3 nitrogen and oxygen atoms in total. The van der Waals surface area contributed by atoms with Gasteiger partial charge < -0.3 is 0 Å². The smallest absolute Gasteiger partial charge is 0.175 e. The van der Waals surface area contributed by atoms with Crippen molar-refractivity contribution in [2.75, 3.05) is 6.26 Å². The van der Waals surface area contributed by atoms with E-state index in [4.69, 9.17) is 16.6 Å². The molecule has 2 aromatic carbocycles. The Kier molecular flexibility index (Phi) is 4.90. The minimum atomic E-state index is -3.23. The molecule has 27 heavy (non-hydrogen) atoms. The van der Waals surface area contributed by atoms with E-state index in [1.54, 1.807) is 34.8 Å². The maximum Gasteiger partial charge on any atom is 0.175 e. The minimum Gasteiger partial charge on any atom is -0.235 e. The fourth-order valence-electron chi connectivity index (χ4n) is 2.71. The Balaban J connectivity index is 1.88. The van der Waals surface area contributed by atoms with Crippen LogP contribution in [0.1, 0.15) is 0 Å². The lowest BCUT2D eigenvalue weighted by Gasteiger charge is -2.03. The van der Waals surface area contributed by atoms with Crippen molar-refractivity contribution in [3.05, 3.63) is 70.4 Å². The normalized spacial score (nSPS) is 11.6. The second-order valence-electron chi connectivity index (χ2n) is 5.99. The van der Waals surface area contributed by atoms with E-state index in [2.05, 4.69) is 5.38 Å². The van der Waals surface area contributed by atoms with E-state index in [-0.39, 0.29) is 0 Å². The van der Waals surface area contributed by atoms with Gasteiger partial charge in [-0.05, 0) is 35.2 Å². The van der Waals surface area contributed by atoms with E-state index in [1.807, 2.05) is 47.8 Å². The summed E-state index contributed by atoms with van der Waals surface area (Å²) in [5.74, 6) is 0. The van der Waals surface area contributed by atoms with Gasteiger partial charge in [-0.1, -0.05) is 41.9 Å². The van der Waals surface area contributed by atoms with Crippen molar-refractivity contribution in [3.8, 4) is 32.3 Å². The van der Waals surface area contributed by atoms with E-state index in [0.29, 0.717) is 9.92 Å². The summed E-state index contributed by atoms with van der Waals surface area (Å²) in [5, 5.41) is 5.56. The highest BCUT2D eigenvalue weighted by atomic mass is 35.5. The number of thiophene rings is 1. The zero-order valence-electron chi connectivity index (χ0n) is 14.2. The van der Waals surface area contributed by atoms with Crippen molar-refractivity contribution < 1.29 is 8.42 Å². The highest BCUT2D eigenvalue weighted by Gasteiger charge is 2.18. The highest BCUT2D eigenvalue weighted by Crippen LogP contribution is 2.42. The van der Waals surface area contributed by atoms with Gasteiger partial charge >= 0.3 is 0 Å². The van der Waals surface area contributed by atoms with Gasteiger partial charge in [-0.15, -0.1) is 11.3 Å². The number of hydrogen-bond acceptors (Lipinski definition) is 5. The molecule has 0 saturated heterocycles.